The van der Waals surface area contributed by atoms with Crippen molar-refractivity contribution in [2.45, 2.75) is 44.2 Å². The number of likely N-dealkylation sites (tertiary alicyclic amines) is 1. The molecule has 1 aromatic rings. The van der Waals surface area contributed by atoms with E-state index >= 15 is 0 Å². The molecule has 1 saturated heterocycles. The van der Waals surface area contributed by atoms with Crippen LogP contribution in [0.5, 0.6) is 0 Å². The third kappa shape index (κ3) is 4.29. The number of furan rings is 1. The van der Waals surface area contributed by atoms with Gasteiger partial charge in [0, 0.05) is 18.7 Å². The maximum Gasteiger partial charge on any atom is 0.244 e. The predicted octanol–water partition coefficient (Wildman–Crippen LogP) is 1.07. The number of hydrogen-bond donors (Lipinski definition) is 2. The normalized spacial score (nSPS) is 20.8. The Morgan fingerprint density at radius 1 is 1.48 bits per heavy atom. The summed E-state index contributed by atoms with van der Waals surface area (Å²) in [7, 11) is -1.50. The zero-order valence-electron chi connectivity index (χ0n) is 13.0. The lowest BCUT2D eigenvalue weighted by molar-refractivity contribution is 0.242. The Labute approximate surface area is 126 Å². The van der Waals surface area contributed by atoms with Crippen LogP contribution >= 0.6 is 0 Å². The first-order chi connectivity index (χ1) is 9.92. The average molecular weight is 315 g/mol. The van der Waals surface area contributed by atoms with Crippen molar-refractivity contribution in [3.8, 4) is 0 Å². The molecule has 1 atom stereocenters. The molecule has 0 aliphatic carbocycles. The highest BCUT2D eigenvalue weighted by atomic mass is 32.2. The van der Waals surface area contributed by atoms with Gasteiger partial charge in [-0.3, -0.25) is 0 Å². The number of likely N-dealkylation sites (N-methyl/N-ethyl adjacent to an activating group) is 1. The Hall–Kier alpha value is -0.890. The van der Waals surface area contributed by atoms with E-state index in [0.717, 1.165) is 32.5 Å². The van der Waals surface area contributed by atoms with Crippen LogP contribution in [0.15, 0.2) is 15.4 Å². The van der Waals surface area contributed by atoms with Crippen molar-refractivity contribution >= 4 is 10.0 Å². The van der Waals surface area contributed by atoms with E-state index in [2.05, 4.69) is 14.9 Å². The molecule has 0 bridgehead atoms. The van der Waals surface area contributed by atoms with Crippen molar-refractivity contribution < 1.29 is 12.8 Å². The molecule has 1 fully saturated rings. The van der Waals surface area contributed by atoms with E-state index in [1.54, 1.807) is 13.0 Å². The summed E-state index contributed by atoms with van der Waals surface area (Å²) in [6.07, 6.45) is 1.89. The average Bonchev–Trinajstić information content (AvgIpc) is 2.78. The molecule has 1 aliphatic rings. The second-order valence-corrected chi connectivity index (χ2v) is 7.32. The Bertz CT molecular complexity index is 568. The van der Waals surface area contributed by atoms with Crippen LogP contribution in [0.2, 0.25) is 0 Å². The van der Waals surface area contributed by atoms with Crippen molar-refractivity contribution in [1.29, 1.82) is 0 Å². The van der Waals surface area contributed by atoms with Crippen LogP contribution in [0.4, 0.5) is 0 Å². The Balaban J connectivity index is 2.09. The van der Waals surface area contributed by atoms with Gasteiger partial charge in [0.15, 0.2) is 0 Å². The number of nitrogens with one attached hydrogen (secondary N) is 2. The Kier molecular flexibility index (Phi) is 5.43. The van der Waals surface area contributed by atoms with Gasteiger partial charge in [-0.05, 0) is 39.9 Å². The highest BCUT2D eigenvalue weighted by Gasteiger charge is 2.26. The SMILES string of the molecule is CCNCc1cc(S(=O)(=O)NC2CCCN(C)C2)c(C)o1. The molecule has 120 valence electrons. The van der Waals surface area contributed by atoms with Gasteiger partial charge in [-0.2, -0.15) is 0 Å². The van der Waals surface area contributed by atoms with Crippen LogP contribution < -0.4 is 10.0 Å². The van der Waals surface area contributed by atoms with Gasteiger partial charge >= 0.3 is 0 Å². The lowest BCUT2D eigenvalue weighted by Crippen LogP contribution is -2.46. The standard InChI is InChI=1S/C14H25N3O3S/c1-4-15-9-13-8-14(11(2)20-13)21(18,19)16-12-6-5-7-17(3)10-12/h8,12,15-16H,4-7,9-10H2,1-3H3. The number of sulfonamides is 1. The van der Waals surface area contributed by atoms with E-state index in [9.17, 15) is 8.42 Å². The zero-order chi connectivity index (χ0) is 15.5. The third-order valence-corrected chi connectivity index (χ3v) is 5.34. The quantitative estimate of drug-likeness (QED) is 0.821. The fourth-order valence-electron chi connectivity index (χ4n) is 2.67. The van der Waals surface area contributed by atoms with Gasteiger partial charge in [0.05, 0.1) is 6.54 Å². The number of aryl methyl sites for hydroxylation is 1. The van der Waals surface area contributed by atoms with E-state index in [1.165, 1.54) is 0 Å². The molecular formula is C14H25N3O3S. The first-order valence-electron chi connectivity index (χ1n) is 7.43. The molecule has 0 amide bonds. The molecule has 1 unspecified atom stereocenters. The smallest absolute Gasteiger partial charge is 0.244 e. The van der Waals surface area contributed by atoms with Crippen LogP contribution in [0.25, 0.3) is 0 Å². The van der Waals surface area contributed by atoms with E-state index in [-0.39, 0.29) is 10.9 Å². The fraction of sp³-hybridized carbons (Fsp3) is 0.714. The highest BCUT2D eigenvalue weighted by molar-refractivity contribution is 7.89. The van der Waals surface area contributed by atoms with Gasteiger partial charge in [0.1, 0.15) is 16.4 Å². The van der Waals surface area contributed by atoms with Crippen LogP contribution in [0, 0.1) is 6.92 Å². The molecule has 0 saturated carbocycles. The monoisotopic (exact) mass is 315 g/mol. The van der Waals surface area contributed by atoms with E-state index in [1.807, 2.05) is 14.0 Å². The van der Waals surface area contributed by atoms with E-state index < -0.39 is 10.0 Å². The van der Waals surface area contributed by atoms with Gasteiger partial charge in [0.2, 0.25) is 10.0 Å². The molecule has 0 spiro atoms. The molecular weight excluding hydrogens is 290 g/mol. The Morgan fingerprint density at radius 2 is 2.24 bits per heavy atom. The minimum absolute atomic E-state index is 0.0275. The summed E-state index contributed by atoms with van der Waals surface area (Å²) < 4.78 is 33.3. The number of rotatable bonds is 6. The van der Waals surface area contributed by atoms with E-state index in [4.69, 9.17) is 4.42 Å². The van der Waals surface area contributed by atoms with Crippen molar-refractivity contribution in [2.24, 2.45) is 0 Å². The maximum atomic E-state index is 12.5. The largest absolute Gasteiger partial charge is 0.464 e. The summed E-state index contributed by atoms with van der Waals surface area (Å²) in [4.78, 5) is 2.40. The fourth-order valence-corrected chi connectivity index (χ4v) is 4.14. The summed E-state index contributed by atoms with van der Waals surface area (Å²) in [6.45, 7) is 6.81. The molecule has 1 aromatic heterocycles. The van der Waals surface area contributed by atoms with Gasteiger partial charge < -0.3 is 14.6 Å². The lowest BCUT2D eigenvalue weighted by Gasteiger charge is -2.29. The molecule has 2 rings (SSSR count). The lowest BCUT2D eigenvalue weighted by atomic mass is 10.1. The summed E-state index contributed by atoms with van der Waals surface area (Å²) in [6, 6.07) is 1.59. The van der Waals surface area contributed by atoms with Crippen LogP contribution in [-0.4, -0.2) is 46.0 Å². The number of piperidine rings is 1. The number of nitrogens with zero attached hydrogens (tertiary/aromatic N) is 1. The predicted molar refractivity (Wildman–Crippen MR) is 81.7 cm³/mol. The summed E-state index contributed by atoms with van der Waals surface area (Å²) in [5, 5.41) is 3.13. The van der Waals surface area contributed by atoms with Crippen molar-refractivity contribution in [2.75, 3.05) is 26.7 Å². The van der Waals surface area contributed by atoms with Crippen molar-refractivity contribution in [1.82, 2.24) is 14.9 Å². The zero-order valence-corrected chi connectivity index (χ0v) is 13.8. The summed E-state index contributed by atoms with van der Waals surface area (Å²) in [5.41, 5.74) is 0. The number of hydrogen-bond acceptors (Lipinski definition) is 5. The first-order valence-corrected chi connectivity index (χ1v) is 8.91. The van der Waals surface area contributed by atoms with Gasteiger partial charge in [-0.25, -0.2) is 13.1 Å². The molecule has 0 radical (unpaired) electrons. The second-order valence-electron chi connectivity index (χ2n) is 5.64. The van der Waals surface area contributed by atoms with Gasteiger partial charge in [0.25, 0.3) is 0 Å². The Morgan fingerprint density at radius 3 is 2.90 bits per heavy atom. The first kappa shape index (κ1) is 16.5. The van der Waals surface area contributed by atoms with Crippen molar-refractivity contribution in [3.63, 3.8) is 0 Å². The molecule has 6 nitrogen and oxygen atoms in total. The molecule has 0 aromatic carbocycles. The third-order valence-electron chi connectivity index (χ3n) is 3.71. The highest BCUT2D eigenvalue weighted by Crippen LogP contribution is 2.21. The maximum absolute atomic E-state index is 12.5. The molecule has 2 heterocycles. The molecule has 1 aliphatic heterocycles. The van der Waals surface area contributed by atoms with Gasteiger partial charge in [-0.15, -0.1) is 0 Å². The minimum Gasteiger partial charge on any atom is -0.464 e. The minimum atomic E-state index is -3.52. The van der Waals surface area contributed by atoms with Crippen molar-refractivity contribution in [3.05, 3.63) is 17.6 Å². The van der Waals surface area contributed by atoms with E-state index in [0.29, 0.717) is 18.1 Å². The second kappa shape index (κ2) is 6.91. The molecule has 21 heavy (non-hydrogen) atoms. The van der Waals surface area contributed by atoms with Crippen LogP contribution in [0.3, 0.4) is 0 Å². The van der Waals surface area contributed by atoms with Crippen LogP contribution in [0.1, 0.15) is 31.3 Å². The van der Waals surface area contributed by atoms with Gasteiger partial charge in [-0.1, -0.05) is 6.92 Å². The molecule has 7 heteroatoms. The van der Waals surface area contributed by atoms with Crippen LogP contribution in [-0.2, 0) is 16.6 Å². The summed E-state index contributed by atoms with van der Waals surface area (Å²) >= 11 is 0. The summed E-state index contributed by atoms with van der Waals surface area (Å²) in [5.74, 6) is 1.09. The topological polar surface area (TPSA) is 74.6 Å². The molecule has 2 N–H and O–H groups in total.